The van der Waals surface area contributed by atoms with Gasteiger partial charge in [-0.2, -0.15) is 6.07 Å². The molecule has 0 amide bonds. The van der Waals surface area contributed by atoms with Crippen LogP contribution in [0.25, 0.3) is 55.3 Å². The Hall–Kier alpha value is -5.98. The van der Waals surface area contributed by atoms with E-state index in [2.05, 4.69) is 161 Å². The summed E-state index contributed by atoms with van der Waals surface area (Å²) in [6.45, 7) is 3.29. The van der Waals surface area contributed by atoms with E-state index in [-0.39, 0.29) is 21.1 Å². The number of fused-ring (bicyclic) bond motifs is 8. The molecule has 0 radical (unpaired) electrons. The number of aromatic nitrogens is 3. The minimum atomic E-state index is 0. The van der Waals surface area contributed by atoms with Gasteiger partial charge in [0, 0.05) is 60.2 Å². The molecule has 13 rings (SSSR count). The number of para-hydroxylation sites is 5. The second-order valence-corrected chi connectivity index (χ2v) is 14.4. The van der Waals surface area contributed by atoms with Crippen molar-refractivity contribution in [2.75, 3.05) is 18.6 Å². The maximum Gasteiger partial charge on any atom is 0.247 e. The molecule has 2 bridgehead atoms. The molecule has 0 saturated carbocycles. The van der Waals surface area contributed by atoms with Crippen molar-refractivity contribution in [2.45, 2.75) is 0 Å². The Morgan fingerprint density at radius 2 is 1.28 bits per heavy atom. The number of anilines is 3. The van der Waals surface area contributed by atoms with Crippen LogP contribution in [0.2, 0.25) is 0 Å². The van der Waals surface area contributed by atoms with Gasteiger partial charge in [-0.15, -0.1) is 30.3 Å². The van der Waals surface area contributed by atoms with E-state index in [1.165, 1.54) is 27.6 Å². The number of ether oxygens (including phenoxy) is 1. The zero-order valence-electron chi connectivity index (χ0n) is 29.1. The van der Waals surface area contributed by atoms with Gasteiger partial charge >= 0.3 is 0 Å². The van der Waals surface area contributed by atoms with Gasteiger partial charge in [0.25, 0.3) is 0 Å². The second kappa shape index (κ2) is 11.3. The molecule has 0 aliphatic carbocycles. The summed E-state index contributed by atoms with van der Waals surface area (Å²) in [6, 6.07) is 56.5. The zero-order valence-corrected chi connectivity index (χ0v) is 31.4. The first-order valence-corrected chi connectivity index (χ1v) is 17.9. The predicted octanol–water partition coefficient (Wildman–Crippen LogP) is 10.8. The summed E-state index contributed by atoms with van der Waals surface area (Å²) in [5, 5.41) is 4.81. The van der Waals surface area contributed by atoms with Crippen molar-refractivity contribution in [1.29, 1.82) is 0 Å². The maximum absolute atomic E-state index is 6.54. The molecule has 4 aliphatic rings. The number of hydrogen-bond acceptors (Lipinski definition) is 3. The summed E-state index contributed by atoms with van der Waals surface area (Å²) < 4.78 is 12.5. The molecule has 0 spiro atoms. The van der Waals surface area contributed by atoms with E-state index in [1.54, 1.807) is 0 Å². The van der Waals surface area contributed by atoms with E-state index in [0.717, 1.165) is 73.0 Å². The Morgan fingerprint density at radius 1 is 0.630 bits per heavy atom. The van der Waals surface area contributed by atoms with Crippen LogP contribution in [0, 0.1) is 18.8 Å². The molecule has 2 atom stereocenters. The van der Waals surface area contributed by atoms with Crippen molar-refractivity contribution in [1.82, 2.24) is 18.6 Å². The molecule has 8 heteroatoms. The van der Waals surface area contributed by atoms with E-state index in [4.69, 9.17) is 9.72 Å². The molecule has 262 valence electrons. The van der Waals surface area contributed by atoms with Gasteiger partial charge in [-0.25, -0.2) is 4.98 Å². The fourth-order valence-corrected chi connectivity index (χ4v) is 9.04. The van der Waals surface area contributed by atoms with Gasteiger partial charge in [0.15, 0.2) is 12.9 Å². The molecule has 1 saturated heterocycles. The van der Waals surface area contributed by atoms with Gasteiger partial charge in [0.2, 0.25) is 5.82 Å². The van der Waals surface area contributed by atoms with Gasteiger partial charge in [-0.05, 0) is 48.2 Å². The van der Waals surface area contributed by atoms with Crippen LogP contribution in [-0.4, -0.2) is 32.3 Å². The Labute approximate surface area is 326 Å². The maximum atomic E-state index is 6.54. The average molecular weight is 879 g/mol. The van der Waals surface area contributed by atoms with Gasteiger partial charge in [-0.1, -0.05) is 84.2 Å². The molecule has 4 aliphatic heterocycles. The summed E-state index contributed by atoms with van der Waals surface area (Å²) in [7, 11) is 2.30. The molecule has 6 aromatic carbocycles. The first-order valence-electron chi connectivity index (χ1n) is 17.9. The minimum absolute atomic E-state index is 0. The third kappa shape index (κ3) is 4.20. The summed E-state index contributed by atoms with van der Waals surface area (Å²) >= 11 is 0. The van der Waals surface area contributed by atoms with Crippen molar-refractivity contribution in [3.63, 3.8) is 0 Å². The predicted molar refractivity (Wildman–Crippen MR) is 212 cm³/mol. The van der Waals surface area contributed by atoms with Crippen LogP contribution >= 0.6 is 0 Å². The first kappa shape index (κ1) is 31.5. The van der Waals surface area contributed by atoms with Gasteiger partial charge < -0.3 is 23.2 Å². The smallest absolute Gasteiger partial charge is 0.247 e. The topological polar surface area (TPSA) is 35.2 Å². The monoisotopic (exact) mass is 878 g/mol. The fourth-order valence-electron chi connectivity index (χ4n) is 9.04. The summed E-state index contributed by atoms with van der Waals surface area (Å²) in [4.78, 5) is 7.07. The molecule has 7 nitrogen and oxygen atoms in total. The number of hydrogen-bond donors (Lipinski definition) is 0. The Kier molecular flexibility index (Phi) is 6.58. The molecule has 9 aromatic rings. The molecule has 3 aromatic heterocycles. The quantitative estimate of drug-likeness (QED) is 0.131. The molecule has 1 fully saturated rings. The van der Waals surface area contributed by atoms with Crippen molar-refractivity contribution < 1.29 is 30.3 Å². The largest absolute Gasteiger partial charge is 0.513 e. The van der Waals surface area contributed by atoms with Gasteiger partial charge in [-0.3, -0.25) is 4.57 Å². The van der Waals surface area contributed by atoms with Crippen LogP contribution in [-0.2, 0) is 21.1 Å². The van der Waals surface area contributed by atoms with Crippen molar-refractivity contribution in [2.24, 2.45) is 0 Å². The second-order valence-electron chi connectivity index (χ2n) is 14.4. The Bertz CT molecular complexity index is 2940. The van der Waals surface area contributed by atoms with E-state index in [9.17, 15) is 0 Å². The Morgan fingerprint density at radius 3 is 2.04 bits per heavy atom. The average Bonchev–Trinajstić information content (AvgIpc) is 3.89. The minimum Gasteiger partial charge on any atom is -0.513 e. The standard InChI is InChI=1S/C46H31N6O.Pt/c1-51-29-52(30-51,28-45(51)50-39-19-6-2-14-34(39)35-15-3-7-20-40(35)50)33-13-10-12-31(26-33)48-41-21-8-9-22-43(41)53-44-24-23-32(27-42(44)48)49-38-18-5-4-16-36(38)37-17-11-25-47-46(37)49;/h2-25,28-29H,30H2,1H3;/q-1;/t51-,52-;/m0./s1. The van der Waals surface area contributed by atoms with Crippen molar-refractivity contribution in [3.05, 3.63) is 171 Å². The number of quaternary nitrogens is 2. The summed E-state index contributed by atoms with van der Waals surface area (Å²) in [5.41, 5.74) is 9.10. The Balaban J connectivity index is 0.00000341. The third-order valence-corrected chi connectivity index (χ3v) is 11.2. The number of nitrogens with zero attached hydrogens (tertiary/aromatic N) is 6. The van der Waals surface area contributed by atoms with Gasteiger partial charge in [0.05, 0.1) is 36.0 Å². The van der Waals surface area contributed by atoms with Crippen LogP contribution in [0.4, 0.5) is 22.7 Å². The van der Waals surface area contributed by atoms with E-state index >= 15 is 0 Å². The molecule has 0 unspecified atom stereocenters. The number of rotatable bonds is 4. The van der Waals surface area contributed by atoms with Crippen molar-refractivity contribution >= 4 is 72.3 Å². The van der Waals surface area contributed by atoms with Crippen LogP contribution in [0.1, 0.15) is 0 Å². The molecular formula is C46H31N6OPt-. The number of pyridine rings is 1. The van der Waals surface area contributed by atoms with Crippen molar-refractivity contribution in [3.8, 4) is 17.2 Å². The third-order valence-electron chi connectivity index (χ3n) is 11.2. The molecular weight excluding hydrogens is 848 g/mol. The SMILES string of the molecule is C[N@@+]12[CH-][N@@+](c3[c-]c(N4c5[c-]c(-n6c7ccccc7c7cccnc76)ccc5Oc5ccccc54)ccc3)(C=C1n1c3ccccc3c3ccccc31)C2.[Pt]. The van der Waals surface area contributed by atoms with Crippen LogP contribution in [0.15, 0.2) is 152 Å². The summed E-state index contributed by atoms with van der Waals surface area (Å²) in [5.74, 6) is 2.78. The molecule has 54 heavy (non-hydrogen) atoms. The van der Waals surface area contributed by atoms with E-state index in [0.29, 0.717) is 4.48 Å². The normalized spacial score (nSPS) is 19.6. The van der Waals surface area contributed by atoms with E-state index in [1.807, 2.05) is 30.5 Å². The van der Waals surface area contributed by atoms with Crippen LogP contribution in [0.5, 0.6) is 11.5 Å². The number of benzene rings is 6. The molecule has 0 N–H and O–H groups in total. The first-order chi connectivity index (χ1) is 26.1. The zero-order chi connectivity index (χ0) is 34.9. The van der Waals surface area contributed by atoms with Gasteiger partial charge in [0.1, 0.15) is 11.4 Å². The fraction of sp³-hybridized carbons (Fsp3) is 0.0435. The molecule has 7 heterocycles. The van der Waals surface area contributed by atoms with E-state index < -0.39 is 0 Å². The summed E-state index contributed by atoms with van der Waals surface area (Å²) in [6.07, 6.45) is 4.26. The van der Waals surface area contributed by atoms with Crippen LogP contribution < -0.4 is 14.1 Å². The van der Waals surface area contributed by atoms with Crippen LogP contribution in [0.3, 0.4) is 0 Å².